The number of hydrogen-bond donors (Lipinski definition) is 2. The van der Waals surface area contributed by atoms with Crippen LogP contribution in [-0.4, -0.2) is 46.6 Å². The van der Waals surface area contributed by atoms with Gasteiger partial charge in [0.05, 0.1) is 24.7 Å². The van der Waals surface area contributed by atoms with Crippen LogP contribution < -0.4 is 14.8 Å². The molecular formula is C22H28ClN3O4S. The molecule has 1 aliphatic rings. The van der Waals surface area contributed by atoms with Gasteiger partial charge in [0.25, 0.3) is 10.0 Å². The average Bonchev–Trinajstić information content (AvgIpc) is 3.39. The Hall–Kier alpha value is -2.42. The van der Waals surface area contributed by atoms with E-state index in [1.54, 1.807) is 30.5 Å². The molecule has 2 heterocycles. The second-order valence-corrected chi connectivity index (χ2v) is 9.25. The minimum absolute atomic E-state index is 0. The van der Waals surface area contributed by atoms with E-state index in [-0.39, 0.29) is 17.3 Å². The van der Waals surface area contributed by atoms with Crippen molar-refractivity contribution in [3.63, 3.8) is 0 Å². The standard InChI is InChI=1S/C22H27N3O4S.ClH/c1-16-5-6-20(28-2)21(13-16)30(26,27)24-18-14-17-7-12-29-22(17)19(15-18)23-8-11-25-9-3-4-10-25;/h5-7,12-15,23-24H,3-4,8-11H2,1-2H3;1H. The molecule has 3 aromatic rings. The number of anilines is 2. The van der Waals surface area contributed by atoms with Crippen molar-refractivity contribution in [2.24, 2.45) is 0 Å². The first-order valence-corrected chi connectivity index (χ1v) is 11.6. The predicted molar refractivity (Wildman–Crippen MR) is 126 cm³/mol. The normalized spacial score (nSPS) is 14.4. The van der Waals surface area contributed by atoms with Crippen molar-refractivity contribution < 1.29 is 17.6 Å². The van der Waals surface area contributed by atoms with Crippen molar-refractivity contribution in [1.29, 1.82) is 0 Å². The molecule has 9 heteroatoms. The molecule has 0 radical (unpaired) electrons. The minimum atomic E-state index is -3.82. The highest BCUT2D eigenvalue weighted by atomic mass is 35.5. The molecule has 1 saturated heterocycles. The molecule has 0 bridgehead atoms. The number of rotatable bonds is 8. The molecule has 0 unspecified atom stereocenters. The van der Waals surface area contributed by atoms with Gasteiger partial charge in [-0.2, -0.15) is 0 Å². The van der Waals surface area contributed by atoms with Crippen molar-refractivity contribution in [2.45, 2.75) is 24.7 Å². The summed E-state index contributed by atoms with van der Waals surface area (Å²) in [6.45, 7) is 5.82. The van der Waals surface area contributed by atoms with E-state index < -0.39 is 10.0 Å². The third-order valence-electron chi connectivity index (χ3n) is 5.35. The van der Waals surface area contributed by atoms with Gasteiger partial charge in [-0.05, 0) is 68.8 Å². The summed E-state index contributed by atoms with van der Waals surface area (Å²) < 4.78 is 39.7. The molecule has 7 nitrogen and oxygen atoms in total. The van der Waals surface area contributed by atoms with Crippen LogP contribution in [0.5, 0.6) is 5.75 Å². The van der Waals surface area contributed by atoms with Crippen LogP contribution in [0.25, 0.3) is 11.0 Å². The Morgan fingerprint density at radius 2 is 1.90 bits per heavy atom. The van der Waals surface area contributed by atoms with E-state index in [0.717, 1.165) is 42.8 Å². The van der Waals surface area contributed by atoms with Crippen LogP contribution >= 0.6 is 12.4 Å². The molecule has 0 amide bonds. The van der Waals surface area contributed by atoms with Gasteiger partial charge in [-0.1, -0.05) is 6.07 Å². The number of nitrogens with one attached hydrogen (secondary N) is 2. The molecule has 1 fully saturated rings. The smallest absolute Gasteiger partial charge is 0.265 e. The number of halogens is 1. The van der Waals surface area contributed by atoms with Gasteiger partial charge in [-0.3, -0.25) is 4.72 Å². The number of aryl methyl sites for hydroxylation is 1. The third-order valence-corrected chi connectivity index (χ3v) is 6.76. The van der Waals surface area contributed by atoms with Gasteiger partial charge in [-0.25, -0.2) is 8.42 Å². The molecule has 1 aliphatic heterocycles. The van der Waals surface area contributed by atoms with Crippen LogP contribution in [0.2, 0.25) is 0 Å². The van der Waals surface area contributed by atoms with Gasteiger partial charge < -0.3 is 19.4 Å². The summed E-state index contributed by atoms with van der Waals surface area (Å²) in [5.41, 5.74) is 2.79. The Balaban J connectivity index is 0.00000272. The second-order valence-electron chi connectivity index (χ2n) is 7.60. The number of benzene rings is 2. The highest BCUT2D eigenvalue weighted by molar-refractivity contribution is 7.92. The number of furan rings is 1. The fourth-order valence-electron chi connectivity index (χ4n) is 3.83. The van der Waals surface area contributed by atoms with E-state index >= 15 is 0 Å². The fraction of sp³-hybridized carbons (Fsp3) is 0.364. The lowest BCUT2D eigenvalue weighted by Gasteiger charge is -2.16. The highest BCUT2D eigenvalue weighted by Crippen LogP contribution is 2.32. The zero-order valence-corrected chi connectivity index (χ0v) is 19.3. The molecule has 1 aromatic heterocycles. The van der Waals surface area contributed by atoms with Crippen molar-refractivity contribution in [2.75, 3.05) is 43.3 Å². The Morgan fingerprint density at radius 3 is 2.65 bits per heavy atom. The number of likely N-dealkylation sites (tertiary alicyclic amines) is 1. The summed E-state index contributed by atoms with van der Waals surface area (Å²) in [7, 11) is -2.36. The summed E-state index contributed by atoms with van der Waals surface area (Å²) in [4.78, 5) is 2.53. The summed E-state index contributed by atoms with van der Waals surface area (Å²) in [5, 5.41) is 4.23. The van der Waals surface area contributed by atoms with Gasteiger partial charge in [0.1, 0.15) is 10.6 Å². The first-order valence-electron chi connectivity index (χ1n) is 10.1. The molecule has 4 rings (SSSR count). The molecule has 0 aliphatic carbocycles. The van der Waals surface area contributed by atoms with Gasteiger partial charge >= 0.3 is 0 Å². The van der Waals surface area contributed by atoms with Crippen molar-refractivity contribution >= 4 is 44.8 Å². The third kappa shape index (κ3) is 5.26. The van der Waals surface area contributed by atoms with Crippen LogP contribution in [0.4, 0.5) is 11.4 Å². The summed E-state index contributed by atoms with van der Waals surface area (Å²) in [5.74, 6) is 0.307. The molecule has 31 heavy (non-hydrogen) atoms. The van der Waals surface area contributed by atoms with Crippen LogP contribution in [-0.2, 0) is 10.0 Å². The monoisotopic (exact) mass is 465 g/mol. The van der Waals surface area contributed by atoms with Gasteiger partial charge in [0, 0.05) is 18.5 Å². The lowest BCUT2D eigenvalue weighted by atomic mass is 10.2. The van der Waals surface area contributed by atoms with Gasteiger partial charge in [0.15, 0.2) is 5.58 Å². The summed E-state index contributed by atoms with van der Waals surface area (Å²) >= 11 is 0. The number of hydrogen-bond acceptors (Lipinski definition) is 6. The van der Waals surface area contributed by atoms with E-state index in [1.807, 2.05) is 19.1 Å². The van der Waals surface area contributed by atoms with Crippen molar-refractivity contribution in [3.8, 4) is 5.75 Å². The molecule has 0 saturated carbocycles. The van der Waals surface area contributed by atoms with Gasteiger partial charge in [-0.15, -0.1) is 12.4 Å². The first kappa shape index (κ1) is 23.2. The maximum absolute atomic E-state index is 13.1. The maximum atomic E-state index is 13.1. The first-order chi connectivity index (χ1) is 14.5. The molecule has 2 N–H and O–H groups in total. The van der Waals surface area contributed by atoms with Crippen LogP contribution in [0, 0.1) is 6.92 Å². The number of methoxy groups -OCH3 is 1. The van der Waals surface area contributed by atoms with Crippen molar-refractivity contribution in [1.82, 2.24) is 4.90 Å². The number of sulfonamides is 1. The molecule has 0 spiro atoms. The molecular weight excluding hydrogens is 438 g/mol. The topological polar surface area (TPSA) is 83.8 Å². The zero-order valence-electron chi connectivity index (χ0n) is 17.7. The predicted octanol–water partition coefficient (Wildman–Crippen LogP) is 4.48. The number of nitrogens with zero attached hydrogens (tertiary/aromatic N) is 1. The average molecular weight is 466 g/mol. The Bertz CT molecular complexity index is 1140. The van der Waals surface area contributed by atoms with Gasteiger partial charge in [0.2, 0.25) is 0 Å². The molecule has 0 atom stereocenters. The quantitative estimate of drug-likeness (QED) is 0.510. The van der Waals surface area contributed by atoms with E-state index in [1.165, 1.54) is 20.0 Å². The van der Waals surface area contributed by atoms with Crippen LogP contribution in [0.3, 0.4) is 0 Å². The largest absolute Gasteiger partial charge is 0.495 e. The SMILES string of the molecule is COc1ccc(C)cc1S(=O)(=O)Nc1cc(NCCN2CCCC2)c2occc2c1.Cl. The molecule has 2 aromatic carbocycles. The van der Waals surface area contributed by atoms with E-state index in [2.05, 4.69) is 14.9 Å². The minimum Gasteiger partial charge on any atom is -0.495 e. The van der Waals surface area contributed by atoms with Crippen LogP contribution in [0.15, 0.2) is 52.0 Å². The summed E-state index contributed by atoms with van der Waals surface area (Å²) in [6.07, 6.45) is 4.11. The Labute approximate surface area is 189 Å². The fourth-order valence-corrected chi connectivity index (χ4v) is 5.13. The zero-order chi connectivity index (χ0) is 21.1. The second kappa shape index (κ2) is 9.80. The molecule has 168 valence electrons. The summed E-state index contributed by atoms with van der Waals surface area (Å²) in [6, 6.07) is 10.4. The number of ether oxygens (including phenoxy) is 1. The Kier molecular flexibility index (Phi) is 7.35. The lowest BCUT2D eigenvalue weighted by Crippen LogP contribution is -2.26. The number of fused-ring (bicyclic) bond motifs is 1. The lowest BCUT2D eigenvalue weighted by molar-refractivity contribution is 0.352. The van der Waals surface area contributed by atoms with Crippen LogP contribution in [0.1, 0.15) is 18.4 Å². The Morgan fingerprint density at radius 1 is 1.13 bits per heavy atom. The maximum Gasteiger partial charge on any atom is 0.265 e. The highest BCUT2D eigenvalue weighted by Gasteiger charge is 2.21. The van der Waals surface area contributed by atoms with E-state index in [4.69, 9.17) is 9.15 Å². The van der Waals surface area contributed by atoms with Crippen molar-refractivity contribution in [3.05, 3.63) is 48.2 Å². The van der Waals surface area contributed by atoms with E-state index in [9.17, 15) is 8.42 Å². The van der Waals surface area contributed by atoms with E-state index in [0.29, 0.717) is 17.0 Å².